The molecule has 2 fully saturated rings. The van der Waals surface area contributed by atoms with E-state index < -0.39 is 0 Å². The molecular weight excluding hydrogens is 338 g/mol. The van der Waals surface area contributed by atoms with E-state index in [0.29, 0.717) is 18.1 Å². The molecule has 134 valence electrons. The number of hydrogen-bond donors (Lipinski definition) is 2. The van der Waals surface area contributed by atoms with Crippen LogP contribution in [0.3, 0.4) is 0 Å². The molecule has 2 aromatic rings. The standard InChI is InChI=1S/C18H23N3O3S/c22-7-8-24-14-5-3-13(4-6-14)20-17(23)12-9-15-16(19-10-12)21-18(25-15)11-1-2-11/h9-11,13-14,22H,1-8H2,(H,20,23). The van der Waals surface area contributed by atoms with Gasteiger partial charge < -0.3 is 15.2 Å². The molecular formula is C18H23N3O3S. The van der Waals surface area contributed by atoms with Crippen LogP contribution in [-0.2, 0) is 4.74 Å². The molecule has 2 saturated carbocycles. The maximum atomic E-state index is 12.5. The van der Waals surface area contributed by atoms with E-state index in [4.69, 9.17) is 9.84 Å². The number of carbonyl (C=O) groups excluding carboxylic acids is 1. The Balaban J connectivity index is 1.35. The van der Waals surface area contributed by atoms with Gasteiger partial charge in [0, 0.05) is 18.2 Å². The number of nitrogens with one attached hydrogen (secondary N) is 1. The van der Waals surface area contributed by atoms with Crippen LogP contribution >= 0.6 is 11.3 Å². The van der Waals surface area contributed by atoms with Crippen molar-refractivity contribution in [2.75, 3.05) is 13.2 Å². The molecule has 6 nitrogen and oxygen atoms in total. The quantitative estimate of drug-likeness (QED) is 0.826. The summed E-state index contributed by atoms with van der Waals surface area (Å²) in [7, 11) is 0. The smallest absolute Gasteiger partial charge is 0.253 e. The fraction of sp³-hybridized carbons (Fsp3) is 0.611. The Morgan fingerprint density at radius 3 is 2.80 bits per heavy atom. The maximum Gasteiger partial charge on any atom is 0.253 e. The molecule has 25 heavy (non-hydrogen) atoms. The second-order valence-corrected chi connectivity index (χ2v) is 7.98. The zero-order chi connectivity index (χ0) is 17.2. The van der Waals surface area contributed by atoms with Gasteiger partial charge in [0.25, 0.3) is 5.91 Å². The average molecular weight is 361 g/mol. The third-order valence-electron chi connectivity index (χ3n) is 4.91. The lowest BCUT2D eigenvalue weighted by Gasteiger charge is -2.29. The lowest BCUT2D eigenvalue weighted by atomic mass is 9.93. The fourth-order valence-electron chi connectivity index (χ4n) is 3.33. The molecule has 4 rings (SSSR count). The van der Waals surface area contributed by atoms with Gasteiger partial charge in [-0.25, -0.2) is 9.97 Å². The molecule has 1 amide bonds. The summed E-state index contributed by atoms with van der Waals surface area (Å²) in [5, 5.41) is 13.1. The van der Waals surface area contributed by atoms with Crippen molar-refractivity contribution < 1.29 is 14.6 Å². The maximum absolute atomic E-state index is 12.5. The number of nitrogens with zero attached hydrogens (tertiary/aromatic N) is 2. The number of aliphatic hydroxyl groups is 1. The van der Waals surface area contributed by atoms with Gasteiger partial charge >= 0.3 is 0 Å². The second kappa shape index (κ2) is 7.35. The van der Waals surface area contributed by atoms with Crippen molar-refractivity contribution in [1.29, 1.82) is 0 Å². The Morgan fingerprint density at radius 1 is 1.28 bits per heavy atom. The van der Waals surface area contributed by atoms with Gasteiger partial charge in [-0.2, -0.15) is 0 Å². The number of pyridine rings is 1. The number of amides is 1. The fourth-order valence-corrected chi connectivity index (χ4v) is 4.46. The highest BCUT2D eigenvalue weighted by Crippen LogP contribution is 2.43. The molecule has 2 N–H and O–H groups in total. The first-order valence-corrected chi connectivity index (χ1v) is 9.84. The van der Waals surface area contributed by atoms with Crippen molar-refractivity contribution in [2.24, 2.45) is 0 Å². The Morgan fingerprint density at radius 2 is 2.08 bits per heavy atom. The van der Waals surface area contributed by atoms with Crippen LogP contribution in [0.4, 0.5) is 0 Å². The van der Waals surface area contributed by atoms with E-state index in [2.05, 4.69) is 15.3 Å². The number of ether oxygens (including phenoxy) is 1. The lowest BCUT2D eigenvalue weighted by molar-refractivity contribution is 0.00425. The molecule has 2 aliphatic carbocycles. The topological polar surface area (TPSA) is 84.3 Å². The van der Waals surface area contributed by atoms with Gasteiger partial charge in [0.05, 0.1) is 34.6 Å². The Hall–Kier alpha value is -1.57. The van der Waals surface area contributed by atoms with Crippen LogP contribution in [0.2, 0.25) is 0 Å². The van der Waals surface area contributed by atoms with E-state index in [0.717, 1.165) is 41.0 Å². The molecule has 0 aliphatic heterocycles. The van der Waals surface area contributed by atoms with Crippen LogP contribution in [0.5, 0.6) is 0 Å². The normalized spacial score (nSPS) is 23.7. The van der Waals surface area contributed by atoms with Gasteiger partial charge in [-0.15, -0.1) is 11.3 Å². The summed E-state index contributed by atoms with van der Waals surface area (Å²) < 4.78 is 6.56. The van der Waals surface area contributed by atoms with Crippen LogP contribution in [-0.4, -0.2) is 46.3 Å². The molecule has 7 heteroatoms. The van der Waals surface area contributed by atoms with Crippen molar-refractivity contribution in [3.05, 3.63) is 22.8 Å². The van der Waals surface area contributed by atoms with Crippen molar-refractivity contribution in [2.45, 2.75) is 56.6 Å². The lowest BCUT2D eigenvalue weighted by Crippen LogP contribution is -2.39. The van der Waals surface area contributed by atoms with E-state index in [1.807, 2.05) is 6.07 Å². The minimum absolute atomic E-state index is 0.0597. The van der Waals surface area contributed by atoms with Crippen molar-refractivity contribution >= 4 is 27.6 Å². The highest BCUT2D eigenvalue weighted by Gasteiger charge is 2.28. The Kier molecular flexibility index (Phi) is 4.96. The average Bonchev–Trinajstić information content (AvgIpc) is 3.40. The molecule has 2 heterocycles. The summed E-state index contributed by atoms with van der Waals surface area (Å²) in [5.74, 6) is 0.551. The number of aromatic nitrogens is 2. The molecule has 2 aliphatic rings. The van der Waals surface area contributed by atoms with Crippen molar-refractivity contribution in [3.63, 3.8) is 0 Å². The number of rotatable bonds is 6. The molecule has 0 spiro atoms. The van der Waals surface area contributed by atoms with Gasteiger partial charge in [0.2, 0.25) is 0 Å². The monoisotopic (exact) mass is 361 g/mol. The molecule has 0 radical (unpaired) electrons. The van der Waals surface area contributed by atoms with Crippen LogP contribution in [0.1, 0.15) is 59.8 Å². The van der Waals surface area contributed by atoms with Gasteiger partial charge in [-0.05, 0) is 44.6 Å². The Bertz CT molecular complexity index is 751. The third kappa shape index (κ3) is 3.99. The largest absolute Gasteiger partial charge is 0.394 e. The third-order valence-corrected chi connectivity index (χ3v) is 6.06. The molecule has 0 unspecified atom stereocenters. The van der Waals surface area contributed by atoms with Crippen LogP contribution in [0.25, 0.3) is 10.3 Å². The van der Waals surface area contributed by atoms with Crippen molar-refractivity contribution in [3.8, 4) is 0 Å². The Labute approximate surface area is 150 Å². The number of thiazole rings is 1. The number of hydrogen-bond acceptors (Lipinski definition) is 6. The number of aliphatic hydroxyl groups excluding tert-OH is 1. The first-order chi connectivity index (χ1) is 12.2. The van der Waals surface area contributed by atoms with E-state index in [1.54, 1.807) is 17.5 Å². The summed E-state index contributed by atoms with van der Waals surface area (Å²) in [5.41, 5.74) is 1.36. The van der Waals surface area contributed by atoms with Crippen LogP contribution in [0, 0.1) is 0 Å². The summed E-state index contributed by atoms with van der Waals surface area (Å²) in [4.78, 5) is 21.5. The second-order valence-electron chi connectivity index (χ2n) is 6.91. The van der Waals surface area contributed by atoms with Crippen molar-refractivity contribution in [1.82, 2.24) is 15.3 Å². The summed E-state index contributed by atoms with van der Waals surface area (Å²) in [6.07, 6.45) is 7.92. The molecule has 0 bridgehead atoms. The number of fused-ring (bicyclic) bond motifs is 1. The molecule has 2 aromatic heterocycles. The zero-order valence-corrected chi connectivity index (χ0v) is 14.9. The van der Waals surface area contributed by atoms with Gasteiger partial charge in [0.1, 0.15) is 0 Å². The minimum Gasteiger partial charge on any atom is -0.394 e. The van der Waals surface area contributed by atoms with Gasteiger partial charge in [-0.3, -0.25) is 4.79 Å². The predicted octanol–water partition coefficient (Wildman–Crippen LogP) is 2.62. The molecule has 0 atom stereocenters. The predicted molar refractivity (Wildman–Crippen MR) is 95.9 cm³/mol. The van der Waals surface area contributed by atoms with Gasteiger partial charge in [0.15, 0.2) is 5.65 Å². The van der Waals surface area contributed by atoms with Crippen LogP contribution in [0.15, 0.2) is 12.3 Å². The zero-order valence-electron chi connectivity index (χ0n) is 14.1. The highest BCUT2D eigenvalue weighted by molar-refractivity contribution is 7.18. The summed E-state index contributed by atoms with van der Waals surface area (Å²) in [6, 6.07) is 2.10. The van der Waals surface area contributed by atoms with Crippen LogP contribution < -0.4 is 5.32 Å². The first kappa shape index (κ1) is 16.9. The van der Waals surface area contributed by atoms with E-state index in [9.17, 15) is 4.79 Å². The first-order valence-electron chi connectivity index (χ1n) is 9.02. The minimum atomic E-state index is -0.0597. The highest BCUT2D eigenvalue weighted by atomic mass is 32.1. The van der Waals surface area contributed by atoms with E-state index >= 15 is 0 Å². The van der Waals surface area contributed by atoms with Gasteiger partial charge in [-0.1, -0.05) is 0 Å². The summed E-state index contributed by atoms with van der Waals surface area (Å²) >= 11 is 1.66. The number of carbonyl (C=O) groups is 1. The molecule has 0 saturated heterocycles. The van der Waals surface area contributed by atoms with E-state index in [-0.39, 0.29) is 24.7 Å². The molecule has 0 aromatic carbocycles. The SMILES string of the molecule is O=C(NC1CCC(OCCO)CC1)c1cnc2nc(C3CC3)sc2c1. The summed E-state index contributed by atoms with van der Waals surface area (Å²) in [6.45, 7) is 0.456. The van der Waals surface area contributed by atoms with E-state index in [1.165, 1.54) is 12.8 Å².